The Labute approximate surface area is 127 Å². The molecule has 0 aliphatic heterocycles. The van der Waals surface area contributed by atoms with Gasteiger partial charge in [0.1, 0.15) is 11.5 Å². The second-order valence-corrected chi connectivity index (χ2v) is 4.67. The molecule has 0 aliphatic rings. The van der Waals surface area contributed by atoms with Crippen LogP contribution in [0.1, 0.15) is 10.4 Å². The van der Waals surface area contributed by atoms with Gasteiger partial charge < -0.3 is 20.5 Å². The van der Waals surface area contributed by atoms with Gasteiger partial charge in [0.15, 0.2) is 0 Å². The van der Waals surface area contributed by atoms with Gasteiger partial charge in [0.2, 0.25) is 0 Å². The first-order chi connectivity index (χ1) is 10.0. The van der Waals surface area contributed by atoms with Gasteiger partial charge >= 0.3 is 0 Å². The van der Waals surface area contributed by atoms with E-state index in [4.69, 9.17) is 26.8 Å². The Balaban J connectivity index is 2.30. The summed E-state index contributed by atoms with van der Waals surface area (Å²) in [7, 11) is 3.02. The fourth-order valence-corrected chi connectivity index (χ4v) is 1.98. The highest BCUT2D eigenvalue weighted by atomic mass is 35.5. The number of carbonyl (C=O) groups is 1. The number of nitrogens with one attached hydrogen (secondary N) is 1. The highest BCUT2D eigenvalue weighted by molar-refractivity contribution is 6.34. The number of anilines is 2. The van der Waals surface area contributed by atoms with Crippen molar-refractivity contribution >= 4 is 28.9 Å². The average molecular weight is 307 g/mol. The molecule has 0 saturated heterocycles. The van der Waals surface area contributed by atoms with Crippen LogP contribution >= 0.6 is 11.6 Å². The molecule has 21 heavy (non-hydrogen) atoms. The molecule has 6 heteroatoms. The number of methoxy groups -OCH3 is 2. The Hall–Kier alpha value is -2.40. The molecule has 2 aromatic carbocycles. The van der Waals surface area contributed by atoms with Crippen LogP contribution in [-0.4, -0.2) is 20.1 Å². The van der Waals surface area contributed by atoms with Crippen molar-refractivity contribution in [3.8, 4) is 11.5 Å². The molecule has 0 atom stereocenters. The predicted molar refractivity (Wildman–Crippen MR) is 83.4 cm³/mol. The van der Waals surface area contributed by atoms with Crippen LogP contribution < -0.4 is 20.5 Å². The topological polar surface area (TPSA) is 73.6 Å². The lowest BCUT2D eigenvalue weighted by molar-refractivity contribution is 0.102. The molecule has 2 rings (SSSR count). The Morgan fingerprint density at radius 1 is 1.14 bits per heavy atom. The molecule has 1 amide bonds. The fourth-order valence-electron chi connectivity index (χ4n) is 1.81. The quantitative estimate of drug-likeness (QED) is 0.851. The van der Waals surface area contributed by atoms with Crippen LogP contribution in [0.15, 0.2) is 36.4 Å². The lowest BCUT2D eigenvalue weighted by Gasteiger charge is -2.12. The zero-order valence-corrected chi connectivity index (χ0v) is 12.4. The van der Waals surface area contributed by atoms with Crippen molar-refractivity contribution in [2.24, 2.45) is 0 Å². The van der Waals surface area contributed by atoms with E-state index in [1.165, 1.54) is 14.2 Å². The first-order valence-electron chi connectivity index (χ1n) is 6.13. The molecule has 0 heterocycles. The molecule has 0 radical (unpaired) electrons. The maximum Gasteiger partial charge on any atom is 0.259 e. The minimum absolute atomic E-state index is 0.345. The number of amides is 1. The van der Waals surface area contributed by atoms with Crippen molar-refractivity contribution in [3.63, 3.8) is 0 Å². The van der Waals surface area contributed by atoms with Gasteiger partial charge in [0.05, 0.1) is 30.5 Å². The summed E-state index contributed by atoms with van der Waals surface area (Å²) in [5.74, 6) is 0.646. The highest BCUT2D eigenvalue weighted by Gasteiger charge is 2.14. The van der Waals surface area contributed by atoms with Crippen molar-refractivity contribution in [3.05, 3.63) is 47.0 Å². The third kappa shape index (κ3) is 3.38. The second-order valence-electron chi connectivity index (χ2n) is 4.26. The molecule has 0 aliphatic carbocycles. The van der Waals surface area contributed by atoms with Crippen LogP contribution in [-0.2, 0) is 0 Å². The highest BCUT2D eigenvalue weighted by Crippen LogP contribution is 2.28. The summed E-state index contributed by atoms with van der Waals surface area (Å²) in [4.78, 5) is 12.3. The first-order valence-corrected chi connectivity index (χ1v) is 6.51. The van der Waals surface area contributed by atoms with Crippen LogP contribution in [0.5, 0.6) is 11.5 Å². The summed E-state index contributed by atoms with van der Waals surface area (Å²) in [6, 6.07) is 9.81. The maximum atomic E-state index is 12.3. The molecule has 0 aromatic heterocycles. The number of hydrogen-bond acceptors (Lipinski definition) is 4. The molecule has 110 valence electrons. The summed E-state index contributed by atoms with van der Waals surface area (Å²) in [5, 5.41) is 3.14. The zero-order valence-electron chi connectivity index (χ0n) is 11.6. The fraction of sp³-hybridized carbons (Fsp3) is 0.133. The molecule has 0 spiro atoms. The minimum Gasteiger partial charge on any atom is -0.497 e. The minimum atomic E-state index is -0.345. The van der Waals surface area contributed by atoms with Gasteiger partial charge in [0, 0.05) is 17.8 Å². The van der Waals surface area contributed by atoms with Gasteiger partial charge in [-0.2, -0.15) is 0 Å². The second kappa shape index (κ2) is 6.37. The third-order valence-corrected chi connectivity index (χ3v) is 3.22. The number of ether oxygens (including phenoxy) is 2. The summed E-state index contributed by atoms with van der Waals surface area (Å²) < 4.78 is 10.3. The number of nitrogens with two attached hydrogens (primary N) is 1. The summed E-state index contributed by atoms with van der Waals surface area (Å²) in [6.07, 6.45) is 0. The van der Waals surface area contributed by atoms with E-state index < -0.39 is 0 Å². The zero-order chi connectivity index (χ0) is 15.4. The molecular weight excluding hydrogens is 292 g/mol. The Kier molecular flexibility index (Phi) is 4.55. The summed E-state index contributed by atoms with van der Waals surface area (Å²) in [5.41, 5.74) is 7.01. The Morgan fingerprint density at radius 3 is 2.57 bits per heavy atom. The summed E-state index contributed by atoms with van der Waals surface area (Å²) in [6.45, 7) is 0. The van der Waals surface area contributed by atoms with E-state index in [1.54, 1.807) is 36.4 Å². The van der Waals surface area contributed by atoms with Crippen LogP contribution in [0.2, 0.25) is 5.02 Å². The first kappa shape index (κ1) is 15.0. The standard InChI is InChI=1S/C15H15ClN2O3/c1-20-10-4-6-12(16)13(8-10)18-15(19)11-5-3-9(17)7-14(11)21-2/h3-8H,17H2,1-2H3,(H,18,19). The van der Waals surface area contributed by atoms with E-state index in [0.29, 0.717) is 33.5 Å². The largest absolute Gasteiger partial charge is 0.497 e. The SMILES string of the molecule is COc1ccc(Cl)c(NC(=O)c2ccc(N)cc2OC)c1. The smallest absolute Gasteiger partial charge is 0.259 e. The number of hydrogen-bond donors (Lipinski definition) is 2. The molecular formula is C15H15ClN2O3. The lowest BCUT2D eigenvalue weighted by atomic mass is 10.1. The molecule has 5 nitrogen and oxygen atoms in total. The van der Waals surface area contributed by atoms with Crippen molar-refractivity contribution in [1.82, 2.24) is 0 Å². The van der Waals surface area contributed by atoms with Crippen molar-refractivity contribution in [2.75, 3.05) is 25.3 Å². The van der Waals surface area contributed by atoms with E-state index in [-0.39, 0.29) is 5.91 Å². The van der Waals surface area contributed by atoms with Crippen molar-refractivity contribution in [2.45, 2.75) is 0 Å². The Bertz CT molecular complexity index is 674. The number of benzene rings is 2. The van der Waals surface area contributed by atoms with E-state index in [0.717, 1.165) is 0 Å². The lowest BCUT2D eigenvalue weighted by Crippen LogP contribution is -2.13. The number of rotatable bonds is 4. The van der Waals surface area contributed by atoms with Gasteiger partial charge in [0.25, 0.3) is 5.91 Å². The molecule has 2 aromatic rings. The Morgan fingerprint density at radius 2 is 1.90 bits per heavy atom. The van der Waals surface area contributed by atoms with Crippen LogP contribution in [0, 0.1) is 0 Å². The van der Waals surface area contributed by atoms with Crippen LogP contribution in [0.25, 0.3) is 0 Å². The van der Waals surface area contributed by atoms with Gasteiger partial charge in [-0.1, -0.05) is 11.6 Å². The van der Waals surface area contributed by atoms with Crippen LogP contribution in [0.3, 0.4) is 0 Å². The van der Waals surface area contributed by atoms with Gasteiger partial charge in [-0.05, 0) is 24.3 Å². The average Bonchev–Trinajstić information content (AvgIpc) is 2.49. The van der Waals surface area contributed by atoms with E-state index in [9.17, 15) is 4.79 Å². The molecule has 0 saturated carbocycles. The van der Waals surface area contributed by atoms with Crippen molar-refractivity contribution < 1.29 is 14.3 Å². The van der Waals surface area contributed by atoms with Gasteiger partial charge in [-0.25, -0.2) is 0 Å². The summed E-state index contributed by atoms with van der Waals surface area (Å²) >= 11 is 6.06. The van der Waals surface area contributed by atoms with E-state index >= 15 is 0 Å². The monoisotopic (exact) mass is 306 g/mol. The van der Waals surface area contributed by atoms with E-state index in [1.807, 2.05) is 0 Å². The van der Waals surface area contributed by atoms with Gasteiger partial charge in [-0.15, -0.1) is 0 Å². The maximum absolute atomic E-state index is 12.3. The van der Waals surface area contributed by atoms with Crippen molar-refractivity contribution in [1.29, 1.82) is 0 Å². The number of halogens is 1. The van der Waals surface area contributed by atoms with Gasteiger partial charge in [-0.3, -0.25) is 4.79 Å². The number of carbonyl (C=O) groups excluding carboxylic acids is 1. The molecule has 0 bridgehead atoms. The van der Waals surface area contributed by atoms with E-state index in [2.05, 4.69) is 5.32 Å². The van der Waals surface area contributed by atoms with Crippen LogP contribution in [0.4, 0.5) is 11.4 Å². The normalized spacial score (nSPS) is 10.0. The molecule has 0 fully saturated rings. The molecule has 3 N–H and O–H groups in total. The molecule has 0 unspecified atom stereocenters. The predicted octanol–water partition coefficient (Wildman–Crippen LogP) is 3.19. The number of nitrogen functional groups attached to an aromatic ring is 1. The third-order valence-electron chi connectivity index (χ3n) is 2.89.